The smallest absolute Gasteiger partial charge is 0.171 e. The van der Waals surface area contributed by atoms with Crippen molar-refractivity contribution in [2.24, 2.45) is 0 Å². The van der Waals surface area contributed by atoms with E-state index in [1.807, 2.05) is 43.3 Å². The van der Waals surface area contributed by atoms with Gasteiger partial charge in [-0.3, -0.25) is 0 Å². The first-order chi connectivity index (χ1) is 11.0. The molecule has 0 aliphatic heterocycles. The van der Waals surface area contributed by atoms with Crippen molar-refractivity contribution in [2.45, 2.75) is 13.5 Å². The molecule has 0 saturated heterocycles. The first kappa shape index (κ1) is 17.4. The van der Waals surface area contributed by atoms with Gasteiger partial charge >= 0.3 is 0 Å². The number of halogens is 1. The summed E-state index contributed by atoms with van der Waals surface area (Å²) in [5.41, 5.74) is 2.85. The molecular weight excluding hydrogens is 332 g/mol. The minimum Gasteiger partial charge on any atom is -0.497 e. The average molecular weight is 351 g/mol. The van der Waals surface area contributed by atoms with Crippen LogP contribution in [0.2, 0.25) is 5.02 Å². The summed E-state index contributed by atoms with van der Waals surface area (Å²) in [5, 5.41) is 7.50. The van der Waals surface area contributed by atoms with E-state index in [4.69, 9.17) is 33.3 Å². The molecule has 0 spiro atoms. The van der Waals surface area contributed by atoms with Gasteiger partial charge in [0.2, 0.25) is 0 Å². The maximum Gasteiger partial charge on any atom is 0.171 e. The van der Waals surface area contributed by atoms with E-state index in [9.17, 15) is 0 Å². The Morgan fingerprint density at radius 1 is 1.13 bits per heavy atom. The molecule has 0 heterocycles. The van der Waals surface area contributed by atoms with E-state index in [0.717, 1.165) is 27.6 Å². The molecule has 0 aliphatic carbocycles. The molecular formula is C17H19ClN2O2S. The Balaban J connectivity index is 2.00. The second-order valence-corrected chi connectivity index (χ2v) is 5.77. The van der Waals surface area contributed by atoms with Gasteiger partial charge in [-0.15, -0.1) is 0 Å². The second kappa shape index (κ2) is 8.04. The normalized spacial score (nSPS) is 10.1. The monoisotopic (exact) mass is 350 g/mol. The van der Waals surface area contributed by atoms with Gasteiger partial charge in [-0.2, -0.15) is 0 Å². The van der Waals surface area contributed by atoms with Crippen molar-refractivity contribution in [3.05, 3.63) is 52.5 Å². The Kier molecular flexibility index (Phi) is 6.07. The molecule has 0 radical (unpaired) electrons. The van der Waals surface area contributed by atoms with Gasteiger partial charge in [0.1, 0.15) is 11.5 Å². The predicted octanol–water partition coefficient (Wildman–Crippen LogP) is 4.15. The summed E-state index contributed by atoms with van der Waals surface area (Å²) in [6, 6.07) is 11.4. The molecule has 2 aromatic rings. The number of aryl methyl sites for hydroxylation is 1. The Morgan fingerprint density at radius 2 is 1.91 bits per heavy atom. The van der Waals surface area contributed by atoms with E-state index >= 15 is 0 Å². The van der Waals surface area contributed by atoms with Crippen LogP contribution in [0.25, 0.3) is 0 Å². The van der Waals surface area contributed by atoms with Gasteiger partial charge < -0.3 is 20.1 Å². The molecule has 122 valence electrons. The molecule has 2 N–H and O–H groups in total. The van der Waals surface area contributed by atoms with E-state index in [2.05, 4.69) is 10.6 Å². The molecule has 0 unspecified atom stereocenters. The van der Waals surface area contributed by atoms with Crippen LogP contribution in [-0.2, 0) is 6.54 Å². The topological polar surface area (TPSA) is 42.5 Å². The van der Waals surface area contributed by atoms with E-state index in [0.29, 0.717) is 17.4 Å². The van der Waals surface area contributed by atoms with Crippen LogP contribution < -0.4 is 20.1 Å². The summed E-state index contributed by atoms with van der Waals surface area (Å²) < 4.78 is 10.5. The number of rotatable bonds is 5. The third kappa shape index (κ3) is 4.74. The number of hydrogen-bond donors (Lipinski definition) is 2. The zero-order valence-electron chi connectivity index (χ0n) is 13.3. The quantitative estimate of drug-likeness (QED) is 0.793. The van der Waals surface area contributed by atoms with E-state index in [1.165, 1.54) is 0 Å². The van der Waals surface area contributed by atoms with Crippen LogP contribution in [0.4, 0.5) is 5.69 Å². The summed E-state index contributed by atoms with van der Waals surface area (Å²) in [4.78, 5) is 0. The first-order valence-corrected chi connectivity index (χ1v) is 7.84. The number of nitrogens with one attached hydrogen (secondary N) is 2. The van der Waals surface area contributed by atoms with Gasteiger partial charge in [0, 0.05) is 17.6 Å². The van der Waals surface area contributed by atoms with Crippen LogP contribution in [0.15, 0.2) is 36.4 Å². The minimum atomic E-state index is 0.494. The molecule has 0 amide bonds. The highest BCUT2D eigenvalue weighted by Gasteiger charge is 2.07. The van der Waals surface area contributed by atoms with E-state index < -0.39 is 0 Å². The maximum atomic E-state index is 6.13. The fourth-order valence-corrected chi connectivity index (χ4v) is 2.39. The lowest BCUT2D eigenvalue weighted by molar-refractivity contribution is 0.405. The Bertz CT molecular complexity index is 707. The number of ether oxygens (including phenoxy) is 2. The molecule has 2 aromatic carbocycles. The third-order valence-corrected chi connectivity index (χ3v) is 4.00. The fraction of sp³-hybridized carbons (Fsp3) is 0.235. The van der Waals surface area contributed by atoms with Crippen molar-refractivity contribution >= 4 is 34.6 Å². The van der Waals surface area contributed by atoms with Crippen molar-refractivity contribution in [1.82, 2.24) is 5.32 Å². The summed E-state index contributed by atoms with van der Waals surface area (Å²) >= 11 is 11.5. The summed E-state index contributed by atoms with van der Waals surface area (Å²) in [7, 11) is 3.22. The van der Waals surface area contributed by atoms with Gasteiger partial charge in [-0.1, -0.05) is 23.7 Å². The third-order valence-electron chi connectivity index (χ3n) is 3.34. The van der Waals surface area contributed by atoms with Crippen LogP contribution in [0.5, 0.6) is 11.5 Å². The van der Waals surface area contributed by atoms with Crippen molar-refractivity contribution in [2.75, 3.05) is 19.5 Å². The molecule has 0 aliphatic rings. The van der Waals surface area contributed by atoms with E-state index in [1.54, 1.807) is 14.2 Å². The first-order valence-electron chi connectivity index (χ1n) is 7.05. The highest BCUT2D eigenvalue weighted by molar-refractivity contribution is 7.80. The molecule has 4 nitrogen and oxygen atoms in total. The lowest BCUT2D eigenvalue weighted by Crippen LogP contribution is -2.28. The number of hydrogen-bond acceptors (Lipinski definition) is 3. The molecule has 0 aromatic heterocycles. The summed E-state index contributed by atoms with van der Waals surface area (Å²) in [6.45, 7) is 2.55. The Labute approximate surface area is 146 Å². The highest BCUT2D eigenvalue weighted by atomic mass is 35.5. The molecule has 2 rings (SSSR count). The average Bonchev–Trinajstić information content (AvgIpc) is 2.55. The zero-order chi connectivity index (χ0) is 16.8. The Hall–Kier alpha value is -1.98. The van der Waals surface area contributed by atoms with Crippen molar-refractivity contribution < 1.29 is 9.47 Å². The number of methoxy groups -OCH3 is 2. The number of benzene rings is 2. The van der Waals surface area contributed by atoms with Gasteiger partial charge in [0.15, 0.2) is 5.11 Å². The van der Waals surface area contributed by atoms with Crippen LogP contribution in [0.3, 0.4) is 0 Å². The minimum absolute atomic E-state index is 0.494. The molecule has 0 saturated carbocycles. The standard InChI is InChI=1S/C17H19ClN2O2S/c1-11-4-5-12(8-14(11)18)10-19-17(23)20-15-9-13(21-2)6-7-16(15)22-3/h4-9H,10H2,1-3H3,(H2,19,20,23). The van der Waals surface area contributed by atoms with Crippen molar-refractivity contribution in [3.63, 3.8) is 0 Å². The van der Waals surface area contributed by atoms with E-state index in [-0.39, 0.29) is 0 Å². The van der Waals surface area contributed by atoms with Gasteiger partial charge in [0.05, 0.1) is 19.9 Å². The lowest BCUT2D eigenvalue weighted by atomic mass is 10.1. The highest BCUT2D eigenvalue weighted by Crippen LogP contribution is 2.28. The Morgan fingerprint density at radius 3 is 2.57 bits per heavy atom. The number of thiocarbonyl (C=S) groups is 1. The van der Waals surface area contributed by atoms with Crippen LogP contribution >= 0.6 is 23.8 Å². The summed E-state index contributed by atoms with van der Waals surface area (Å²) in [6.07, 6.45) is 0. The largest absolute Gasteiger partial charge is 0.497 e. The molecule has 0 atom stereocenters. The molecule has 6 heteroatoms. The fourth-order valence-electron chi connectivity index (χ4n) is 2.01. The number of anilines is 1. The maximum absolute atomic E-state index is 6.13. The second-order valence-electron chi connectivity index (χ2n) is 4.96. The van der Waals surface area contributed by atoms with Crippen LogP contribution in [-0.4, -0.2) is 19.3 Å². The van der Waals surface area contributed by atoms with Crippen LogP contribution in [0.1, 0.15) is 11.1 Å². The lowest BCUT2D eigenvalue weighted by Gasteiger charge is -2.14. The van der Waals surface area contributed by atoms with Gasteiger partial charge in [-0.25, -0.2) is 0 Å². The molecule has 0 fully saturated rings. The van der Waals surface area contributed by atoms with Crippen LogP contribution in [0, 0.1) is 6.92 Å². The predicted molar refractivity (Wildman–Crippen MR) is 98.8 cm³/mol. The van der Waals surface area contributed by atoms with Gasteiger partial charge in [-0.05, 0) is 48.5 Å². The molecule has 23 heavy (non-hydrogen) atoms. The molecule has 0 bridgehead atoms. The summed E-state index contributed by atoms with van der Waals surface area (Å²) in [5.74, 6) is 1.41. The van der Waals surface area contributed by atoms with Gasteiger partial charge in [0.25, 0.3) is 0 Å². The zero-order valence-corrected chi connectivity index (χ0v) is 14.8. The van der Waals surface area contributed by atoms with Crippen molar-refractivity contribution in [3.8, 4) is 11.5 Å². The van der Waals surface area contributed by atoms with Crippen molar-refractivity contribution in [1.29, 1.82) is 0 Å². The SMILES string of the molecule is COc1ccc(OC)c(NC(=S)NCc2ccc(C)c(Cl)c2)c1.